The Hall–Kier alpha value is -1.31. The third kappa shape index (κ3) is 4.33. The van der Waals surface area contributed by atoms with Crippen LogP contribution < -0.4 is 15.4 Å². The lowest BCUT2D eigenvalue weighted by atomic mass is 9.97. The number of carbonyl (C=O) groups is 1. The van der Waals surface area contributed by atoms with E-state index in [1.807, 2.05) is 6.92 Å². The van der Waals surface area contributed by atoms with Gasteiger partial charge in [-0.25, -0.2) is 8.42 Å². The summed E-state index contributed by atoms with van der Waals surface area (Å²) >= 11 is 6.05. The van der Waals surface area contributed by atoms with Crippen molar-refractivity contribution in [3.8, 4) is 0 Å². The number of hydrogen-bond acceptors (Lipinski definition) is 4. The quantitative estimate of drug-likeness (QED) is 0.780. The first-order valence-electron chi connectivity index (χ1n) is 6.55. The highest BCUT2D eigenvalue weighted by atomic mass is 35.5. The predicted molar refractivity (Wildman–Crippen MR) is 84.1 cm³/mol. The van der Waals surface area contributed by atoms with Gasteiger partial charge in [0.25, 0.3) is 0 Å². The Labute approximate surface area is 129 Å². The second-order valence-corrected chi connectivity index (χ2v) is 7.46. The highest BCUT2D eigenvalue weighted by molar-refractivity contribution is 7.92. The molecule has 3 N–H and O–H groups in total. The molecule has 0 bridgehead atoms. The summed E-state index contributed by atoms with van der Waals surface area (Å²) in [6.45, 7) is 3.45. The highest BCUT2D eigenvalue weighted by Gasteiger charge is 2.29. The molecule has 1 aromatic carbocycles. The second kappa shape index (κ2) is 6.21. The molecule has 8 heteroatoms. The first-order valence-corrected chi connectivity index (χ1v) is 8.82. The number of amides is 1. The van der Waals surface area contributed by atoms with Crippen molar-refractivity contribution in [2.24, 2.45) is 11.8 Å². The van der Waals surface area contributed by atoms with Gasteiger partial charge < -0.3 is 10.6 Å². The van der Waals surface area contributed by atoms with Crippen LogP contribution in [0.1, 0.15) is 6.92 Å². The van der Waals surface area contributed by atoms with Gasteiger partial charge in [0, 0.05) is 6.54 Å². The molecular weight excluding hydrogens is 314 g/mol. The van der Waals surface area contributed by atoms with Crippen LogP contribution >= 0.6 is 11.6 Å². The molecule has 2 rings (SSSR count). The summed E-state index contributed by atoms with van der Waals surface area (Å²) in [7, 11) is -3.38. The van der Waals surface area contributed by atoms with Crippen molar-refractivity contribution in [3.63, 3.8) is 0 Å². The molecule has 1 saturated heterocycles. The molecule has 0 spiro atoms. The molecular formula is C13H18ClN3O3S. The molecule has 1 aliphatic rings. The van der Waals surface area contributed by atoms with Crippen molar-refractivity contribution < 1.29 is 13.2 Å². The van der Waals surface area contributed by atoms with Crippen molar-refractivity contribution in [1.29, 1.82) is 0 Å². The van der Waals surface area contributed by atoms with Crippen LogP contribution in [0.4, 0.5) is 11.4 Å². The Balaban J connectivity index is 2.15. The Bertz CT molecular complexity index is 648. The largest absolute Gasteiger partial charge is 0.324 e. The summed E-state index contributed by atoms with van der Waals surface area (Å²) in [6.07, 6.45) is 1.06. The second-order valence-electron chi connectivity index (χ2n) is 5.30. The predicted octanol–water partition coefficient (Wildman–Crippen LogP) is 1.51. The number of carbonyl (C=O) groups excluding carboxylic acids is 1. The molecule has 2 atom stereocenters. The molecule has 1 aliphatic heterocycles. The van der Waals surface area contributed by atoms with E-state index in [1.54, 1.807) is 12.1 Å². The minimum absolute atomic E-state index is 0.118. The fraction of sp³-hybridized carbons (Fsp3) is 0.462. The van der Waals surface area contributed by atoms with Gasteiger partial charge in [-0.1, -0.05) is 18.5 Å². The average Bonchev–Trinajstić information content (AvgIpc) is 2.78. The number of anilines is 2. The third-order valence-electron chi connectivity index (χ3n) is 3.38. The van der Waals surface area contributed by atoms with E-state index >= 15 is 0 Å². The van der Waals surface area contributed by atoms with Crippen molar-refractivity contribution in [3.05, 3.63) is 23.2 Å². The summed E-state index contributed by atoms with van der Waals surface area (Å²) in [5.74, 6) is 0.0135. The maximum Gasteiger partial charge on any atom is 0.229 e. The van der Waals surface area contributed by atoms with E-state index in [9.17, 15) is 13.2 Å². The van der Waals surface area contributed by atoms with E-state index in [0.29, 0.717) is 22.9 Å². The van der Waals surface area contributed by atoms with Crippen LogP contribution in [-0.4, -0.2) is 33.7 Å². The molecule has 0 radical (unpaired) electrons. The fourth-order valence-electron chi connectivity index (χ4n) is 2.29. The average molecular weight is 332 g/mol. The minimum atomic E-state index is -3.38. The van der Waals surface area contributed by atoms with Gasteiger partial charge in [0.05, 0.1) is 28.6 Å². The Morgan fingerprint density at radius 2 is 2.10 bits per heavy atom. The van der Waals surface area contributed by atoms with E-state index < -0.39 is 10.0 Å². The van der Waals surface area contributed by atoms with Gasteiger partial charge in [-0.3, -0.25) is 9.52 Å². The highest BCUT2D eigenvalue weighted by Crippen LogP contribution is 2.27. The van der Waals surface area contributed by atoms with Gasteiger partial charge in [-0.2, -0.15) is 0 Å². The van der Waals surface area contributed by atoms with Crippen LogP contribution in [0.15, 0.2) is 18.2 Å². The minimum Gasteiger partial charge on any atom is -0.324 e. The lowest BCUT2D eigenvalue weighted by Gasteiger charge is -2.16. The Morgan fingerprint density at radius 1 is 1.38 bits per heavy atom. The maximum atomic E-state index is 12.2. The summed E-state index contributed by atoms with van der Waals surface area (Å²) in [5, 5.41) is 6.29. The molecule has 1 amide bonds. The summed E-state index contributed by atoms with van der Waals surface area (Å²) < 4.78 is 24.8. The Kier molecular flexibility index (Phi) is 4.75. The normalized spacial score (nSPS) is 22.0. The Morgan fingerprint density at radius 3 is 2.67 bits per heavy atom. The number of rotatable bonds is 4. The number of hydrogen-bond donors (Lipinski definition) is 3. The molecule has 1 aromatic rings. The van der Waals surface area contributed by atoms with Crippen LogP contribution in [-0.2, 0) is 14.8 Å². The maximum absolute atomic E-state index is 12.2. The number of halogens is 1. The lowest BCUT2D eigenvalue weighted by molar-refractivity contribution is -0.120. The van der Waals surface area contributed by atoms with Gasteiger partial charge in [-0.05, 0) is 30.7 Å². The van der Waals surface area contributed by atoms with E-state index in [-0.39, 0.29) is 17.7 Å². The standard InChI is InChI=1S/C13H18ClN3O3S/c1-8-6-15-7-10(8)13(18)16-12-5-9(3-4-11(12)14)17-21(2,19)20/h3-5,8,10,15,17H,6-7H2,1-2H3,(H,16,18). The van der Waals surface area contributed by atoms with Gasteiger partial charge in [0.1, 0.15) is 0 Å². The van der Waals surface area contributed by atoms with E-state index in [4.69, 9.17) is 11.6 Å². The molecule has 2 unspecified atom stereocenters. The summed E-state index contributed by atoms with van der Waals surface area (Å²) in [6, 6.07) is 4.59. The van der Waals surface area contributed by atoms with Crippen molar-refractivity contribution in [1.82, 2.24) is 5.32 Å². The van der Waals surface area contributed by atoms with Gasteiger partial charge in [0.15, 0.2) is 0 Å². The first kappa shape index (κ1) is 16.1. The van der Waals surface area contributed by atoms with Crippen molar-refractivity contribution in [2.45, 2.75) is 6.92 Å². The zero-order chi connectivity index (χ0) is 15.6. The first-order chi connectivity index (χ1) is 9.76. The van der Waals surface area contributed by atoms with E-state index in [1.165, 1.54) is 6.07 Å². The van der Waals surface area contributed by atoms with Crippen LogP contribution in [0, 0.1) is 11.8 Å². The van der Waals surface area contributed by atoms with Crippen molar-refractivity contribution >= 4 is 38.9 Å². The van der Waals surface area contributed by atoms with Gasteiger partial charge in [-0.15, -0.1) is 0 Å². The number of sulfonamides is 1. The van der Waals surface area contributed by atoms with Crippen LogP contribution in [0.3, 0.4) is 0 Å². The van der Waals surface area contributed by atoms with Crippen LogP contribution in [0.2, 0.25) is 5.02 Å². The van der Waals surface area contributed by atoms with Gasteiger partial charge in [0.2, 0.25) is 15.9 Å². The zero-order valence-corrected chi connectivity index (χ0v) is 13.4. The number of benzene rings is 1. The molecule has 6 nitrogen and oxygen atoms in total. The zero-order valence-electron chi connectivity index (χ0n) is 11.8. The summed E-state index contributed by atoms with van der Waals surface area (Å²) in [5.41, 5.74) is 0.754. The molecule has 0 aliphatic carbocycles. The van der Waals surface area contributed by atoms with Crippen LogP contribution in [0.5, 0.6) is 0 Å². The fourth-order valence-corrected chi connectivity index (χ4v) is 3.01. The molecule has 1 heterocycles. The SMILES string of the molecule is CC1CNCC1C(=O)Nc1cc(NS(C)(=O)=O)ccc1Cl. The topological polar surface area (TPSA) is 87.3 Å². The van der Waals surface area contributed by atoms with E-state index in [2.05, 4.69) is 15.4 Å². The third-order valence-corrected chi connectivity index (χ3v) is 4.32. The molecule has 21 heavy (non-hydrogen) atoms. The van der Waals surface area contributed by atoms with Crippen molar-refractivity contribution in [2.75, 3.05) is 29.4 Å². The number of nitrogens with one attached hydrogen (secondary N) is 3. The van der Waals surface area contributed by atoms with E-state index in [0.717, 1.165) is 12.8 Å². The van der Waals surface area contributed by atoms with Crippen LogP contribution in [0.25, 0.3) is 0 Å². The van der Waals surface area contributed by atoms with Gasteiger partial charge >= 0.3 is 0 Å². The molecule has 0 aromatic heterocycles. The smallest absolute Gasteiger partial charge is 0.229 e. The lowest BCUT2D eigenvalue weighted by Crippen LogP contribution is -2.28. The monoisotopic (exact) mass is 331 g/mol. The molecule has 116 valence electrons. The molecule has 0 saturated carbocycles. The summed E-state index contributed by atoms with van der Waals surface area (Å²) in [4.78, 5) is 12.2. The molecule has 1 fully saturated rings.